The molecule has 4 nitrogen and oxygen atoms in total. The molecule has 0 aromatic carbocycles. The predicted molar refractivity (Wildman–Crippen MR) is 49.0 cm³/mol. The van der Waals surface area contributed by atoms with Gasteiger partial charge in [-0.1, -0.05) is 6.92 Å². The van der Waals surface area contributed by atoms with Gasteiger partial charge in [-0.05, 0) is 6.92 Å². The second kappa shape index (κ2) is 5.35. The number of hydrogen-bond acceptors (Lipinski definition) is 2. The highest BCUT2D eigenvalue weighted by molar-refractivity contribution is 8.18. The first-order valence-electron chi connectivity index (χ1n) is 3.09. The molecule has 1 atom stereocenters. The van der Waals surface area contributed by atoms with E-state index < -0.39 is 17.8 Å². The molecule has 0 aromatic heterocycles. The quantitative estimate of drug-likeness (QED) is 0.532. The Kier molecular flexibility index (Phi) is 5.68. The van der Waals surface area contributed by atoms with Crippen LogP contribution >= 0.6 is 6.72 Å². The molecule has 0 fully saturated rings. The first-order valence-corrected chi connectivity index (χ1v) is 7.54. The molecular formula is C4H12O4PS2+. The van der Waals surface area contributed by atoms with Crippen LogP contribution in [-0.2, 0) is 26.0 Å². The maximum Gasteiger partial charge on any atom is 0.531 e. The van der Waals surface area contributed by atoms with Crippen molar-refractivity contribution in [2.45, 2.75) is 13.8 Å². The molecule has 0 aliphatic rings. The zero-order chi connectivity index (χ0) is 8.91. The normalized spacial score (nSPS) is 14.5. The van der Waals surface area contributed by atoms with E-state index in [4.69, 9.17) is 9.79 Å². The third-order valence-electron chi connectivity index (χ3n) is 0.713. The number of hydrogen-bond donors (Lipinski definition) is 2. The molecule has 0 bridgehead atoms. The van der Waals surface area contributed by atoms with E-state index >= 15 is 0 Å². The van der Waals surface area contributed by atoms with Gasteiger partial charge in [-0.15, -0.1) is 0 Å². The van der Waals surface area contributed by atoms with Crippen molar-refractivity contribution in [1.29, 1.82) is 0 Å². The van der Waals surface area contributed by atoms with Gasteiger partial charge in [0.15, 0.2) is 16.8 Å². The van der Waals surface area contributed by atoms with Crippen molar-refractivity contribution in [2.75, 3.05) is 11.5 Å². The van der Waals surface area contributed by atoms with Crippen molar-refractivity contribution < 1.29 is 18.0 Å². The Bertz CT molecular complexity index is 187. The Balaban J connectivity index is 4.12. The molecule has 2 N–H and O–H groups in total. The van der Waals surface area contributed by atoms with Crippen LogP contribution in [0, 0.1) is 0 Å². The van der Waals surface area contributed by atoms with Gasteiger partial charge < -0.3 is 0 Å². The molecule has 1 unspecified atom stereocenters. The minimum atomic E-state index is -3.40. The molecule has 0 aliphatic carbocycles. The average Bonchev–Trinajstić information content (AvgIpc) is 1.86. The Hall–Kier alpha value is 0.680. The van der Waals surface area contributed by atoms with E-state index in [2.05, 4.69) is 3.97 Å². The lowest BCUT2D eigenvalue weighted by Gasteiger charge is -1.98. The van der Waals surface area contributed by atoms with Crippen molar-refractivity contribution in [3.63, 3.8) is 0 Å². The molecule has 11 heavy (non-hydrogen) atoms. The smallest absolute Gasteiger partial charge is 0.289 e. The van der Waals surface area contributed by atoms with Crippen LogP contribution in [-0.4, -0.2) is 25.5 Å². The van der Waals surface area contributed by atoms with E-state index in [1.807, 2.05) is 0 Å². The molecule has 0 spiro atoms. The lowest BCUT2D eigenvalue weighted by Crippen LogP contribution is -1.98. The van der Waals surface area contributed by atoms with Gasteiger partial charge in [0.1, 0.15) is 0 Å². The third kappa shape index (κ3) is 5.90. The van der Waals surface area contributed by atoms with E-state index in [9.17, 15) is 4.21 Å². The lowest BCUT2D eigenvalue weighted by atomic mass is 11.0. The molecule has 0 radical (unpaired) electrons. The van der Waals surface area contributed by atoms with Crippen LogP contribution in [0.15, 0.2) is 0 Å². The minimum absolute atomic E-state index is 0.271. The van der Waals surface area contributed by atoms with Gasteiger partial charge in [0.25, 0.3) is 0 Å². The first-order chi connectivity index (χ1) is 5.02. The summed E-state index contributed by atoms with van der Waals surface area (Å²) in [6, 6.07) is 0. The summed E-state index contributed by atoms with van der Waals surface area (Å²) in [5, 5.41) is 0. The summed E-state index contributed by atoms with van der Waals surface area (Å²) >= 11 is -1.57. The predicted octanol–water partition coefficient (Wildman–Crippen LogP) is 0.451. The molecule has 0 amide bonds. The highest BCUT2D eigenvalue weighted by Gasteiger charge is 2.27. The summed E-state index contributed by atoms with van der Waals surface area (Å²) in [5.74, 6) is 0.800. The largest absolute Gasteiger partial charge is 0.531 e. The summed E-state index contributed by atoms with van der Waals surface area (Å²) in [7, 11) is 0.884. The first kappa shape index (κ1) is 11.7. The Morgan fingerprint density at radius 2 is 2.09 bits per heavy atom. The van der Waals surface area contributed by atoms with E-state index in [0.717, 1.165) is 10.9 Å². The Morgan fingerprint density at radius 3 is 2.45 bits per heavy atom. The molecule has 68 valence electrons. The minimum Gasteiger partial charge on any atom is -0.289 e. The van der Waals surface area contributed by atoms with Gasteiger partial charge >= 0.3 is 6.72 Å². The van der Waals surface area contributed by atoms with Gasteiger partial charge in [0.2, 0.25) is 10.9 Å². The molecule has 0 aliphatic heterocycles. The van der Waals surface area contributed by atoms with Crippen molar-refractivity contribution in [3.05, 3.63) is 0 Å². The second-order valence-electron chi connectivity index (χ2n) is 1.58. The second-order valence-corrected chi connectivity index (χ2v) is 7.37. The Morgan fingerprint density at radius 1 is 1.55 bits per heavy atom. The van der Waals surface area contributed by atoms with Crippen LogP contribution in [0.5, 0.6) is 0 Å². The summed E-state index contributed by atoms with van der Waals surface area (Å²) in [4.78, 5) is 18.1. The van der Waals surface area contributed by atoms with Crippen LogP contribution in [0.25, 0.3) is 0 Å². The fourth-order valence-electron chi connectivity index (χ4n) is 0.351. The van der Waals surface area contributed by atoms with Crippen LogP contribution < -0.4 is 0 Å². The molecule has 0 rings (SSSR count). The van der Waals surface area contributed by atoms with E-state index in [-0.39, 0.29) is 5.75 Å². The zero-order valence-electron chi connectivity index (χ0n) is 6.39. The van der Waals surface area contributed by atoms with Crippen LogP contribution in [0.2, 0.25) is 0 Å². The van der Waals surface area contributed by atoms with Gasteiger partial charge in [-0.2, -0.15) is 3.97 Å². The van der Waals surface area contributed by atoms with Crippen molar-refractivity contribution >= 4 is 28.7 Å². The summed E-state index contributed by atoms with van der Waals surface area (Å²) in [6.45, 7) is 0.0148. The fraction of sp³-hybridized carbons (Fsp3) is 1.00. The van der Waals surface area contributed by atoms with Gasteiger partial charge in [-0.25, -0.2) is 4.21 Å². The van der Waals surface area contributed by atoms with Crippen molar-refractivity contribution in [2.24, 2.45) is 0 Å². The van der Waals surface area contributed by atoms with E-state index in [0.29, 0.717) is 5.75 Å². The molecule has 0 aromatic rings. The van der Waals surface area contributed by atoms with Gasteiger partial charge in [0.05, 0.1) is 0 Å². The maximum atomic E-state index is 10.7. The molecular weight excluding hydrogens is 207 g/mol. The van der Waals surface area contributed by atoms with Gasteiger partial charge in [0, 0.05) is 5.75 Å². The van der Waals surface area contributed by atoms with Crippen LogP contribution in [0.3, 0.4) is 0 Å². The summed E-state index contributed by atoms with van der Waals surface area (Å²) in [5.41, 5.74) is 0. The molecule has 0 saturated carbocycles. The topological polar surface area (TPSA) is 66.8 Å². The van der Waals surface area contributed by atoms with Crippen molar-refractivity contribution in [1.82, 2.24) is 0 Å². The third-order valence-corrected chi connectivity index (χ3v) is 5.55. The Labute approximate surface area is 72.5 Å². The van der Waals surface area contributed by atoms with Crippen LogP contribution in [0.4, 0.5) is 0 Å². The SMILES string of the molecule is CC[S+]=P(O)(O)OS(=O)CC. The summed E-state index contributed by atoms with van der Waals surface area (Å²) < 4.78 is 15.2. The average molecular weight is 219 g/mol. The lowest BCUT2D eigenvalue weighted by molar-refractivity contribution is 0.383. The standard InChI is InChI=1S/C4H12O4PS2/c1-3-10-9(5,6)8-11(7)4-2/h5-6H,3-4H2,1-2H3/q+1. The highest BCUT2D eigenvalue weighted by Crippen LogP contribution is 2.40. The summed E-state index contributed by atoms with van der Waals surface area (Å²) in [6.07, 6.45) is 0. The van der Waals surface area contributed by atoms with E-state index in [1.54, 1.807) is 13.8 Å². The molecule has 0 heterocycles. The zero-order valence-corrected chi connectivity index (χ0v) is 8.92. The maximum absolute atomic E-state index is 10.7. The molecule has 0 saturated heterocycles. The van der Waals surface area contributed by atoms with Crippen LogP contribution in [0.1, 0.15) is 13.8 Å². The fourth-order valence-corrected chi connectivity index (χ4v) is 4.15. The van der Waals surface area contributed by atoms with E-state index in [1.165, 1.54) is 0 Å². The van der Waals surface area contributed by atoms with Gasteiger partial charge in [-0.3, -0.25) is 9.79 Å². The monoisotopic (exact) mass is 219 g/mol. The number of rotatable bonds is 4. The van der Waals surface area contributed by atoms with Crippen molar-refractivity contribution in [3.8, 4) is 0 Å². The molecule has 7 heteroatoms. The highest BCUT2D eigenvalue weighted by atomic mass is 32.5.